The van der Waals surface area contributed by atoms with Crippen molar-refractivity contribution in [3.8, 4) is 0 Å². The summed E-state index contributed by atoms with van der Waals surface area (Å²) in [6.45, 7) is 0.0927. The number of carbonyl (C=O) groups excluding carboxylic acids is 1. The van der Waals surface area contributed by atoms with E-state index < -0.39 is 5.92 Å². The van der Waals surface area contributed by atoms with Crippen LogP contribution in [0.3, 0.4) is 0 Å². The van der Waals surface area contributed by atoms with Crippen LogP contribution in [0.1, 0.15) is 36.0 Å². The van der Waals surface area contributed by atoms with Gasteiger partial charge in [0.15, 0.2) is 0 Å². The Bertz CT molecular complexity index is 1090. The van der Waals surface area contributed by atoms with Gasteiger partial charge in [-0.25, -0.2) is 23.7 Å². The van der Waals surface area contributed by atoms with Crippen molar-refractivity contribution in [3.63, 3.8) is 0 Å². The molecule has 1 amide bonds. The van der Waals surface area contributed by atoms with E-state index in [1.54, 1.807) is 18.3 Å². The van der Waals surface area contributed by atoms with E-state index in [4.69, 9.17) is 0 Å². The fraction of sp³-hybridized carbons (Fsp3) is 0.400. The Labute approximate surface area is 171 Å². The summed E-state index contributed by atoms with van der Waals surface area (Å²) < 4.78 is 26.7. The summed E-state index contributed by atoms with van der Waals surface area (Å²) in [6.07, 6.45) is 4.94. The van der Waals surface area contributed by atoms with E-state index in [9.17, 15) is 13.6 Å². The predicted octanol–water partition coefficient (Wildman–Crippen LogP) is 3.54. The van der Waals surface area contributed by atoms with Crippen LogP contribution in [-0.2, 0) is 0 Å². The van der Waals surface area contributed by atoms with Crippen LogP contribution in [0.2, 0.25) is 0 Å². The van der Waals surface area contributed by atoms with Crippen LogP contribution in [0.25, 0.3) is 11.0 Å². The average Bonchev–Trinajstić information content (AvgIpc) is 3.45. The third-order valence-corrected chi connectivity index (χ3v) is 5.33. The summed E-state index contributed by atoms with van der Waals surface area (Å²) in [4.78, 5) is 30.4. The first kappa shape index (κ1) is 18.7. The fourth-order valence-electron chi connectivity index (χ4n) is 3.46. The van der Waals surface area contributed by atoms with Gasteiger partial charge in [0.1, 0.15) is 11.6 Å². The molecular weight excluding hydrogens is 392 g/mol. The highest BCUT2D eigenvalue weighted by molar-refractivity contribution is 5.95. The van der Waals surface area contributed by atoms with Crippen LogP contribution in [-0.4, -0.2) is 55.8 Å². The number of anilines is 3. The number of carbonyl (C=O) groups is 1. The van der Waals surface area contributed by atoms with E-state index in [0.717, 1.165) is 29.7 Å². The predicted molar refractivity (Wildman–Crippen MR) is 108 cm³/mol. The van der Waals surface area contributed by atoms with Crippen molar-refractivity contribution in [2.75, 3.05) is 23.7 Å². The molecule has 0 spiro atoms. The number of H-pyrrole nitrogens is 1. The monoisotopic (exact) mass is 413 g/mol. The number of nitrogens with zero attached hydrogens (tertiary/aromatic N) is 4. The molecular formula is C20H21F2N7O. The maximum absolute atomic E-state index is 13.4. The first-order chi connectivity index (χ1) is 14.4. The van der Waals surface area contributed by atoms with Gasteiger partial charge in [-0.05, 0) is 25.0 Å². The van der Waals surface area contributed by atoms with Crippen molar-refractivity contribution >= 4 is 34.5 Å². The minimum atomic E-state index is -2.69. The quantitative estimate of drug-likeness (QED) is 0.592. The number of piperidine rings is 1. The molecule has 1 saturated carbocycles. The zero-order chi connectivity index (χ0) is 20.7. The highest BCUT2D eigenvalue weighted by atomic mass is 19.3. The van der Waals surface area contributed by atoms with E-state index in [2.05, 4.69) is 30.6 Å². The lowest BCUT2D eigenvalue weighted by molar-refractivity contribution is -0.0494. The Morgan fingerprint density at radius 1 is 1.17 bits per heavy atom. The molecule has 0 radical (unpaired) electrons. The minimum absolute atomic E-state index is 0.0463. The number of fused-ring (bicyclic) bond motifs is 1. The highest BCUT2D eigenvalue weighted by Crippen LogP contribution is 2.29. The molecule has 3 N–H and O–H groups in total. The van der Waals surface area contributed by atoms with E-state index in [1.807, 2.05) is 6.07 Å². The van der Waals surface area contributed by atoms with Gasteiger partial charge in [0.05, 0.1) is 17.2 Å². The van der Waals surface area contributed by atoms with Gasteiger partial charge in [-0.3, -0.25) is 4.79 Å². The molecule has 1 saturated heterocycles. The molecule has 0 atom stereocenters. The third-order valence-electron chi connectivity index (χ3n) is 5.33. The number of nitrogens with one attached hydrogen (secondary N) is 3. The summed E-state index contributed by atoms with van der Waals surface area (Å²) in [6, 6.07) is 5.57. The lowest BCUT2D eigenvalue weighted by Gasteiger charge is -2.31. The lowest BCUT2D eigenvalue weighted by atomic mass is 10.1. The molecule has 0 aromatic carbocycles. The Kier molecular flexibility index (Phi) is 4.48. The Hall–Kier alpha value is -3.30. The third kappa shape index (κ3) is 4.03. The van der Waals surface area contributed by atoms with Crippen LogP contribution in [0.15, 0.2) is 30.6 Å². The van der Waals surface area contributed by atoms with Crippen molar-refractivity contribution in [1.82, 2.24) is 24.8 Å². The number of hydrogen-bond donors (Lipinski definition) is 3. The molecule has 10 heteroatoms. The second kappa shape index (κ2) is 7.19. The topological polar surface area (TPSA) is 98.8 Å². The van der Waals surface area contributed by atoms with Crippen molar-refractivity contribution in [2.24, 2.45) is 0 Å². The summed E-state index contributed by atoms with van der Waals surface area (Å²) in [5, 5.41) is 6.40. The van der Waals surface area contributed by atoms with Crippen molar-refractivity contribution < 1.29 is 13.6 Å². The van der Waals surface area contributed by atoms with E-state index >= 15 is 0 Å². The van der Waals surface area contributed by atoms with Gasteiger partial charge in [-0.2, -0.15) is 0 Å². The van der Waals surface area contributed by atoms with Crippen LogP contribution < -0.4 is 10.6 Å². The molecule has 156 valence electrons. The second-order valence-electron chi connectivity index (χ2n) is 7.79. The normalized spacial score (nSPS) is 18.4. The van der Waals surface area contributed by atoms with Gasteiger partial charge in [-0.1, -0.05) is 0 Å². The number of halogens is 2. The molecule has 2 fully saturated rings. The number of aromatic nitrogens is 4. The molecule has 4 heterocycles. The standard InChI is InChI=1S/C20H21F2N7O/c21-20(22)4-7-29(8-5-20)18(30)12-3-6-23-16(9-12)28-19-26-14-10-17(25-13-1-2-13)24-11-15(14)27-19/h3,6,9-11,13H,1-2,4-5,7-8H2,(H,24,25)(H2,23,26,27,28). The first-order valence-corrected chi connectivity index (χ1v) is 9.98. The maximum atomic E-state index is 13.4. The molecule has 8 nitrogen and oxygen atoms in total. The van der Waals surface area contributed by atoms with Crippen LogP contribution in [0.5, 0.6) is 0 Å². The number of imidazole rings is 1. The van der Waals surface area contributed by atoms with E-state index in [0.29, 0.717) is 23.4 Å². The molecule has 0 bridgehead atoms. The van der Waals surface area contributed by atoms with Crippen LogP contribution >= 0.6 is 0 Å². The SMILES string of the molecule is O=C(c1ccnc(Nc2nc3cc(NC4CC4)ncc3[nH]2)c1)N1CCC(F)(F)CC1. The Morgan fingerprint density at radius 2 is 1.97 bits per heavy atom. The second-order valence-corrected chi connectivity index (χ2v) is 7.79. The van der Waals surface area contributed by atoms with Gasteiger partial charge in [0.25, 0.3) is 11.8 Å². The zero-order valence-electron chi connectivity index (χ0n) is 16.2. The van der Waals surface area contributed by atoms with E-state index in [1.165, 1.54) is 11.1 Å². The molecule has 3 aromatic rings. The summed E-state index contributed by atoms with van der Waals surface area (Å²) in [7, 11) is 0. The van der Waals surface area contributed by atoms with Gasteiger partial charge in [0, 0.05) is 49.8 Å². The number of likely N-dealkylation sites (tertiary alicyclic amines) is 1. The molecule has 2 aliphatic rings. The van der Waals surface area contributed by atoms with Gasteiger partial charge in [-0.15, -0.1) is 0 Å². The minimum Gasteiger partial charge on any atom is -0.367 e. The summed E-state index contributed by atoms with van der Waals surface area (Å²) in [5.74, 6) is -1.26. The fourth-order valence-corrected chi connectivity index (χ4v) is 3.46. The smallest absolute Gasteiger partial charge is 0.254 e. The van der Waals surface area contributed by atoms with Crippen LogP contribution in [0.4, 0.5) is 26.4 Å². The number of hydrogen-bond acceptors (Lipinski definition) is 6. The van der Waals surface area contributed by atoms with Gasteiger partial charge in [0.2, 0.25) is 5.95 Å². The summed E-state index contributed by atoms with van der Waals surface area (Å²) >= 11 is 0. The van der Waals surface area contributed by atoms with Crippen molar-refractivity contribution in [1.29, 1.82) is 0 Å². The lowest BCUT2D eigenvalue weighted by Crippen LogP contribution is -2.42. The maximum Gasteiger partial charge on any atom is 0.254 e. The number of rotatable bonds is 5. The largest absolute Gasteiger partial charge is 0.367 e. The molecule has 1 aliphatic carbocycles. The average molecular weight is 413 g/mol. The molecule has 5 rings (SSSR count). The molecule has 0 unspecified atom stereocenters. The van der Waals surface area contributed by atoms with E-state index in [-0.39, 0.29) is 31.8 Å². The first-order valence-electron chi connectivity index (χ1n) is 9.98. The zero-order valence-corrected chi connectivity index (χ0v) is 16.2. The number of pyridine rings is 2. The molecule has 1 aliphatic heterocycles. The van der Waals surface area contributed by atoms with Crippen molar-refractivity contribution in [3.05, 3.63) is 36.2 Å². The number of amides is 1. The molecule has 3 aromatic heterocycles. The van der Waals surface area contributed by atoms with Crippen molar-refractivity contribution in [2.45, 2.75) is 37.6 Å². The van der Waals surface area contributed by atoms with Gasteiger partial charge >= 0.3 is 0 Å². The van der Waals surface area contributed by atoms with Crippen LogP contribution in [0, 0.1) is 0 Å². The van der Waals surface area contributed by atoms with Gasteiger partial charge < -0.3 is 20.5 Å². The Balaban J connectivity index is 1.30. The summed E-state index contributed by atoms with van der Waals surface area (Å²) in [5.41, 5.74) is 1.93. The molecule has 30 heavy (non-hydrogen) atoms. The number of alkyl halides is 2. The Morgan fingerprint density at radius 3 is 2.73 bits per heavy atom. The number of aromatic amines is 1. The highest BCUT2D eigenvalue weighted by Gasteiger charge is 2.35.